The van der Waals surface area contributed by atoms with Crippen molar-refractivity contribution >= 4 is 46.7 Å². The van der Waals surface area contributed by atoms with Gasteiger partial charge in [0.05, 0.1) is 11.2 Å². The molecular weight excluding hydrogens is 305 g/mol. The highest BCUT2D eigenvalue weighted by Gasteiger charge is 2.10. The van der Waals surface area contributed by atoms with E-state index in [0.29, 0.717) is 15.7 Å². The van der Waals surface area contributed by atoms with E-state index in [1.807, 2.05) is 20.8 Å². The number of hydrogen-bond donors (Lipinski definition) is 3. The number of benzene rings is 1. The molecule has 1 aromatic carbocycles. The molecule has 0 aliphatic carbocycles. The maximum Gasteiger partial charge on any atom is 0.187 e. The predicted octanol–water partition coefficient (Wildman–Crippen LogP) is 3.30. The molecule has 0 heterocycles. The second-order valence-corrected chi connectivity index (χ2v) is 6.15. The third-order valence-corrected chi connectivity index (χ3v) is 2.62. The Kier molecular flexibility index (Phi) is 5.40. The number of thiocarbonyl (C=S) groups is 1. The summed E-state index contributed by atoms with van der Waals surface area (Å²) in [4.78, 5) is 0. The van der Waals surface area contributed by atoms with Gasteiger partial charge >= 0.3 is 0 Å². The highest BCUT2D eigenvalue weighted by Crippen LogP contribution is 2.29. The van der Waals surface area contributed by atoms with E-state index in [0.717, 1.165) is 0 Å². The lowest BCUT2D eigenvalue weighted by Gasteiger charge is -2.21. The molecule has 0 saturated carbocycles. The maximum atomic E-state index is 9.72. The Labute approximate surface area is 127 Å². The van der Waals surface area contributed by atoms with Gasteiger partial charge in [-0.05, 0) is 45.1 Å². The molecule has 0 aliphatic rings. The normalized spacial score (nSPS) is 11.6. The van der Waals surface area contributed by atoms with Gasteiger partial charge in [-0.3, -0.25) is 5.43 Å². The molecular formula is C12H15Cl2N3OS. The predicted molar refractivity (Wildman–Crippen MR) is 84.3 cm³/mol. The van der Waals surface area contributed by atoms with E-state index in [-0.39, 0.29) is 16.3 Å². The third-order valence-electron chi connectivity index (χ3n) is 1.92. The van der Waals surface area contributed by atoms with Gasteiger partial charge < -0.3 is 10.4 Å². The smallest absolute Gasteiger partial charge is 0.187 e. The largest absolute Gasteiger partial charge is 0.506 e. The molecule has 0 aliphatic heterocycles. The van der Waals surface area contributed by atoms with Crippen LogP contribution >= 0.6 is 35.4 Å². The summed E-state index contributed by atoms with van der Waals surface area (Å²) >= 11 is 16.7. The number of phenols is 1. The molecule has 0 saturated heterocycles. The first-order valence-corrected chi connectivity index (χ1v) is 6.65. The van der Waals surface area contributed by atoms with Gasteiger partial charge in [0.25, 0.3) is 0 Å². The third kappa shape index (κ3) is 5.63. The van der Waals surface area contributed by atoms with Gasteiger partial charge in [0, 0.05) is 16.1 Å². The summed E-state index contributed by atoms with van der Waals surface area (Å²) in [6, 6.07) is 3.00. The fraction of sp³-hybridized carbons (Fsp3) is 0.333. The van der Waals surface area contributed by atoms with E-state index in [1.54, 1.807) is 6.07 Å². The van der Waals surface area contributed by atoms with Crippen molar-refractivity contribution in [1.29, 1.82) is 0 Å². The van der Waals surface area contributed by atoms with Crippen molar-refractivity contribution in [2.45, 2.75) is 26.3 Å². The highest BCUT2D eigenvalue weighted by atomic mass is 35.5. The minimum atomic E-state index is -0.152. The first-order valence-electron chi connectivity index (χ1n) is 5.48. The van der Waals surface area contributed by atoms with E-state index in [2.05, 4.69) is 15.8 Å². The Hall–Kier alpha value is -1.04. The summed E-state index contributed by atoms with van der Waals surface area (Å²) in [6.45, 7) is 5.94. The second kappa shape index (κ2) is 6.41. The van der Waals surface area contributed by atoms with Crippen LogP contribution in [-0.2, 0) is 0 Å². The molecule has 1 rings (SSSR count). The average molecular weight is 320 g/mol. The van der Waals surface area contributed by atoms with E-state index >= 15 is 0 Å². The van der Waals surface area contributed by atoms with Crippen molar-refractivity contribution in [1.82, 2.24) is 10.7 Å². The van der Waals surface area contributed by atoms with Crippen molar-refractivity contribution < 1.29 is 5.11 Å². The van der Waals surface area contributed by atoms with Gasteiger partial charge in [0.2, 0.25) is 0 Å². The number of hydrogen-bond acceptors (Lipinski definition) is 3. The first kappa shape index (κ1) is 16.0. The molecule has 4 nitrogen and oxygen atoms in total. The van der Waals surface area contributed by atoms with E-state index < -0.39 is 0 Å². The number of aromatic hydroxyl groups is 1. The number of phenolic OH excluding ortho intramolecular Hbond substituents is 1. The lowest BCUT2D eigenvalue weighted by Crippen LogP contribution is -2.44. The van der Waals surface area contributed by atoms with Crippen LogP contribution in [0.3, 0.4) is 0 Å². The Bertz CT molecular complexity index is 512. The van der Waals surface area contributed by atoms with E-state index in [9.17, 15) is 5.11 Å². The summed E-state index contributed by atoms with van der Waals surface area (Å²) < 4.78 is 0. The van der Waals surface area contributed by atoms with Crippen LogP contribution in [0.15, 0.2) is 17.2 Å². The average Bonchev–Trinajstić information content (AvgIpc) is 2.22. The minimum Gasteiger partial charge on any atom is -0.506 e. The standard InChI is InChI=1S/C12H15Cl2N3OS/c1-12(2,3)16-11(19)17-15-6-7-4-8(13)5-9(14)10(7)18/h4-6,18H,1-3H3,(H2,16,17,19)/b15-6+. The number of nitrogens with zero attached hydrogens (tertiary/aromatic N) is 1. The van der Waals surface area contributed by atoms with Crippen molar-refractivity contribution in [2.24, 2.45) is 5.10 Å². The molecule has 19 heavy (non-hydrogen) atoms. The zero-order valence-corrected chi connectivity index (χ0v) is 13.1. The zero-order chi connectivity index (χ0) is 14.6. The topological polar surface area (TPSA) is 56.7 Å². The molecule has 0 radical (unpaired) electrons. The van der Waals surface area contributed by atoms with Crippen molar-refractivity contribution in [3.8, 4) is 5.75 Å². The van der Waals surface area contributed by atoms with Crippen LogP contribution in [0.25, 0.3) is 0 Å². The Morgan fingerprint density at radius 2 is 2.00 bits per heavy atom. The number of nitrogens with one attached hydrogen (secondary N) is 2. The monoisotopic (exact) mass is 319 g/mol. The lowest BCUT2D eigenvalue weighted by atomic mass is 10.1. The van der Waals surface area contributed by atoms with Gasteiger partial charge in [0.1, 0.15) is 5.75 Å². The van der Waals surface area contributed by atoms with Crippen molar-refractivity contribution in [3.63, 3.8) is 0 Å². The van der Waals surface area contributed by atoms with Gasteiger partial charge in [-0.15, -0.1) is 0 Å². The molecule has 0 bridgehead atoms. The molecule has 104 valence electrons. The fourth-order valence-corrected chi connectivity index (χ4v) is 2.08. The molecule has 0 fully saturated rings. The van der Waals surface area contributed by atoms with Crippen LogP contribution < -0.4 is 10.7 Å². The molecule has 0 atom stereocenters. The summed E-state index contributed by atoms with van der Waals surface area (Å²) in [7, 11) is 0. The van der Waals surface area contributed by atoms with Crippen molar-refractivity contribution in [3.05, 3.63) is 27.7 Å². The Morgan fingerprint density at radius 1 is 1.37 bits per heavy atom. The first-order chi connectivity index (χ1) is 8.69. The molecule has 7 heteroatoms. The van der Waals surface area contributed by atoms with Gasteiger partial charge in [-0.1, -0.05) is 23.2 Å². The minimum absolute atomic E-state index is 0.0775. The van der Waals surface area contributed by atoms with Crippen LogP contribution in [0.4, 0.5) is 0 Å². The van der Waals surface area contributed by atoms with Crippen LogP contribution in [0, 0.1) is 0 Å². The summed E-state index contributed by atoms with van der Waals surface area (Å²) in [5, 5.41) is 17.6. The molecule has 0 amide bonds. The van der Waals surface area contributed by atoms with Gasteiger partial charge in [-0.2, -0.15) is 5.10 Å². The molecule has 0 spiro atoms. The zero-order valence-electron chi connectivity index (χ0n) is 10.8. The van der Waals surface area contributed by atoms with E-state index in [4.69, 9.17) is 35.4 Å². The molecule has 3 N–H and O–H groups in total. The molecule has 1 aromatic rings. The Balaban J connectivity index is 2.71. The van der Waals surface area contributed by atoms with Crippen molar-refractivity contribution in [2.75, 3.05) is 0 Å². The van der Waals surface area contributed by atoms with Gasteiger partial charge in [0.15, 0.2) is 5.11 Å². The lowest BCUT2D eigenvalue weighted by molar-refractivity contribution is 0.474. The fourth-order valence-electron chi connectivity index (χ4n) is 1.21. The Morgan fingerprint density at radius 3 is 2.58 bits per heavy atom. The summed E-state index contributed by atoms with van der Waals surface area (Å²) in [5.41, 5.74) is 2.90. The second-order valence-electron chi connectivity index (χ2n) is 4.90. The number of halogens is 2. The molecule has 0 unspecified atom stereocenters. The quantitative estimate of drug-likeness (QED) is 0.445. The number of hydrazone groups is 1. The van der Waals surface area contributed by atoms with Gasteiger partial charge in [-0.25, -0.2) is 0 Å². The highest BCUT2D eigenvalue weighted by molar-refractivity contribution is 7.80. The number of rotatable bonds is 2. The summed E-state index contributed by atoms with van der Waals surface area (Å²) in [5.74, 6) is -0.0775. The summed E-state index contributed by atoms with van der Waals surface area (Å²) in [6.07, 6.45) is 1.39. The van der Waals surface area contributed by atoms with Crippen LogP contribution in [0.1, 0.15) is 26.3 Å². The van der Waals surface area contributed by atoms with Crippen LogP contribution in [-0.4, -0.2) is 22.0 Å². The maximum absolute atomic E-state index is 9.72. The SMILES string of the molecule is CC(C)(C)NC(=S)N/N=C/c1cc(Cl)cc(Cl)c1O. The molecule has 0 aromatic heterocycles. The van der Waals surface area contributed by atoms with Crippen LogP contribution in [0.2, 0.25) is 10.0 Å². The van der Waals surface area contributed by atoms with E-state index in [1.165, 1.54) is 12.3 Å². The van der Waals surface area contributed by atoms with Crippen LogP contribution in [0.5, 0.6) is 5.75 Å².